The number of hydrogen-bond donors (Lipinski definition) is 2. The fourth-order valence-corrected chi connectivity index (χ4v) is 3.00. The number of ketones is 1. The van der Waals surface area contributed by atoms with Crippen LogP contribution in [0.15, 0.2) is 30.5 Å². The van der Waals surface area contributed by atoms with E-state index in [2.05, 4.69) is 18.8 Å². The molecule has 1 aliphatic rings. The second kappa shape index (κ2) is 13.6. The van der Waals surface area contributed by atoms with Gasteiger partial charge in [0.05, 0.1) is 12.4 Å². The van der Waals surface area contributed by atoms with E-state index in [1.54, 1.807) is 0 Å². The van der Waals surface area contributed by atoms with Crippen molar-refractivity contribution in [2.75, 3.05) is 6.61 Å². The van der Waals surface area contributed by atoms with Crippen LogP contribution >= 0.6 is 0 Å². The molecular formula is C24H35NO5. The number of carbonyl (C=O) groups excluding carboxylic acids is 3. The van der Waals surface area contributed by atoms with Crippen molar-refractivity contribution in [1.82, 2.24) is 5.32 Å². The molecule has 1 saturated heterocycles. The third-order valence-corrected chi connectivity index (χ3v) is 4.88. The van der Waals surface area contributed by atoms with E-state index in [4.69, 9.17) is 9.84 Å². The van der Waals surface area contributed by atoms with E-state index in [9.17, 15) is 14.4 Å². The van der Waals surface area contributed by atoms with Crippen LogP contribution in [0.3, 0.4) is 0 Å². The van der Waals surface area contributed by atoms with Gasteiger partial charge in [-0.15, -0.1) is 0 Å². The van der Waals surface area contributed by atoms with Gasteiger partial charge < -0.3 is 9.84 Å². The normalized spacial score (nSPS) is 15.6. The number of rotatable bonds is 10. The van der Waals surface area contributed by atoms with Crippen LogP contribution < -0.4 is 10.1 Å². The highest BCUT2D eigenvalue weighted by Crippen LogP contribution is 2.21. The van der Waals surface area contributed by atoms with E-state index >= 15 is 0 Å². The zero-order valence-electron chi connectivity index (χ0n) is 18.5. The van der Waals surface area contributed by atoms with Gasteiger partial charge >= 0.3 is 0 Å². The maximum absolute atomic E-state index is 12.1. The lowest BCUT2D eigenvalue weighted by Crippen LogP contribution is -2.39. The summed E-state index contributed by atoms with van der Waals surface area (Å²) in [5.41, 5.74) is 1.87. The Hall–Kier alpha value is -2.63. The average Bonchev–Trinajstić information content (AvgIpc) is 2.71. The molecule has 6 nitrogen and oxygen atoms in total. The number of piperidine rings is 1. The van der Waals surface area contributed by atoms with Crippen molar-refractivity contribution in [3.05, 3.63) is 41.7 Å². The molecule has 1 fully saturated rings. The van der Waals surface area contributed by atoms with Crippen molar-refractivity contribution < 1.29 is 24.2 Å². The Kier molecular flexibility index (Phi) is 11.5. The molecule has 1 aromatic rings. The quantitative estimate of drug-likeness (QED) is 0.244. The van der Waals surface area contributed by atoms with Gasteiger partial charge in [0.25, 0.3) is 0 Å². The fourth-order valence-electron chi connectivity index (χ4n) is 3.00. The Bertz CT molecular complexity index is 741. The van der Waals surface area contributed by atoms with E-state index in [-0.39, 0.29) is 29.3 Å². The zero-order chi connectivity index (χ0) is 22.5. The van der Waals surface area contributed by atoms with Crippen molar-refractivity contribution in [2.45, 2.75) is 72.1 Å². The third-order valence-electron chi connectivity index (χ3n) is 4.88. The lowest BCUT2D eigenvalue weighted by molar-refractivity contribution is -0.135. The molecule has 0 aromatic heterocycles. The summed E-state index contributed by atoms with van der Waals surface area (Å²) in [7, 11) is 0. The number of carbonyl (C=O) groups is 3. The number of Topliss-reactive ketones (excluding diaryl/α,β-unsaturated/α-hetero) is 1. The minimum Gasteiger partial charge on any atom is -0.513 e. The van der Waals surface area contributed by atoms with Crippen LogP contribution in [-0.4, -0.2) is 29.3 Å². The minimum absolute atomic E-state index is 0.0164. The van der Waals surface area contributed by atoms with Crippen molar-refractivity contribution >= 4 is 17.6 Å². The van der Waals surface area contributed by atoms with Gasteiger partial charge in [-0.25, -0.2) is 0 Å². The summed E-state index contributed by atoms with van der Waals surface area (Å²) in [5, 5.41) is 11.3. The van der Waals surface area contributed by atoms with Crippen LogP contribution in [0.5, 0.6) is 5.75 Å². The van der Waals surface area contributed by atoms with Crippen molar-refractivity contribution in [3.63, 3.8) is 0 Å². The first-order valence-electron chi connectivity index (χ1n) is 10.8. The van der Waals surface area contributed by atoms with Crippen LogP contribution in [0.1, 0.15) is 81.6 Å². The molecule has 0 radical (unpaired) electrons. The average molecular weight is 418 g/mol. The molecular weight excluding hydrogens is 382 g/mol. The summed E-state index contributed by atoms with van der Waals surface area (Å²) < 4.78 is 5.69. The molecule has 1 aliphatic heterocycles. The van der Waals surface area contributed by atoms with Crippen LogP contribution in [0.25, 0.3) is 0 Å². The summed E-state index contributed by atoms with van der Waals surface area (Å²) in [5.74, 6) is 0.896. The predicted octanol–water partition coefficient (Wildman–Crippen LogP) is 4.91. The van der Waals surface area contributed by atoms with E-state index in [1.165, 1.54) is 0 Å². The summed E-state index contributed by atoms with van der Waals surface area (Å²) in [6.45, 7) is 9.93. The highest BCUT2D eigenvalue weighted by Gasteiger charge is 2.21. The van der Waals surface area contributed by atoms with E-state index in [1.807, 2.05) is 32.0 Å². The number of imide groups is 1. The maximum Gasteiger partial charge on any atom is 0.229 e. The fraction of sp³-hybridized carbons (Fsp3) is 0.542. The number of benzene rings is 1. The molecule has 1 atom stereocenters. The Morgan fingerprint density at radius 2 is 1.97 bits per heavy atom. The van der Waals surface area contributed by atoms with Gasteiger partial charge in [0.15, 0.2) is 5.78 Å². The predicted molar refractivity (Wildman–Crippen MR) is 118 cm³/mol. The highest BCUT2D eigenvalue weighted by molar-refractivity contribution is 5.98. The van der Waals surface area contributed by atoms with Gasteiger partial charge in [0.1, 0.15) is 5.75 Å². The monoisotopic (exact) mass is 417 g/mol. The molecule has 0 spiro atoms. The summed E-state index contributed by atoms with van der Waals surface area (Å²) in [4.78, 5) is 33.3. The number of allylic oxidation sites excluding steroid dienone is 1. The molecule has 2 N–H and O–H groups in total. The number of nitrogens with one attached hydrogen (secondary N) is 1. The Balaban J connectivity index is 0.000000414. The van der Waals surface area contributed by atoms with Crippen molar-refractivity contribution in [3.8, 4) is 5.75 Å². The highest BCUT2D eigenvalue weighted by atomic mass is 16.5. The lowest BCUT2D eigenvalue weighted by atomic mass is 9.99. The molecule has 1 heterocycles. The smallest absolute Gasteiger partial charge is 0.229 e. The number of unbranched alkanes of at least 4 members (excludes halogenated alkanes) is 1. The van der Waals surface area contributed by atoms with Crippen LogP contribution in [-0.2, 0) is 16.0 Å². The second-order valence-corrected chi connectivity index (χ2v) is 7.57. The molecule has 1 aromatic carbocycles. The van der Waals surface area contributed by atoms with Gasteiger partial charge in [-0.2, -0.15) is 0 Å². The van der Waals surface area contributed by atoms with Gasteiger partial charge in [0, 0.05) is 30.7 Å². The first-order chi connectivity index (χ1) is 14.3. The van der Waals surface area contributed by atoms with Gasteiger partial charge in [-0.05, 0) is 49.8 Å². The zero-order valence-corrected chi connectivity index (χ0v) is 18.5. The minimum atomic E-state index is -0.141. The molecule has 2 amide bonds. The molecule has 30 heavy (non-hydrogen) atoms. The molecule has 166 valence electrons. The Morgan fingerprint density at radius 1 is 1.23 bits per heavy atom. The standard InChI is InChI=1S/C18H26O3.C6H9NO2/c1-4-8-18(20)17-13-16(11-10-15(17)5-2)21-12-7-6-9-14(3)19;1-4-2-3-5(8)7-6(4)9/h10-11,13,19H,3-9,12H2,1-2H3;4H,2-3H2,1H3,(H,7,8,9). The number of aryl methyl sites for hydroxylation is 1. The van der Waals surface area contributed by atoms with Crippen molar-refractivity contribution in [2.24, 2.45) is 5.92 Å². The third kappa shape index (κ3) is 9.25. The molecule has 0 bridgehead atoms. The van der Waals surface area contributed by atoms with Crippen LogP contribution in [0.4, 0.5) is 0 Å². The maximum atomic E-state index is 12.1. The molecule has 2 rings (SSSR count). The van der Waals surface area contributed by atoms with Gasteiger partial charge in [-0.1, -0.05) is 33.4 Å². The Morgan fingerprint density at radius 3 is 2.53 bits per heavy atom. The van der Waals surface area contributed by atoms with Gasteiger partial charge in [0.2, 0.25) is 11.8 Å². The molecule has 6 heteroatoms. The summed E-state index contributed by atoms with van der Waals surface area (Å²) in [6, 6.07) is 5.77. The van der Waals surface area contributed by atoms with E-state index < -0.39 is 0 Å². The number of amides is 2. The molecule has 1 unspecified atom stereocenters. The summed E-state index contributed by atoms with van der Waals surface area (Å²) in [6.07, 6.45) is 5.80. The van der Waals surface area contributed by atoms with Gasteiger partial charge in [-0.3, -0.25) is 19.7 Å². The van der Waals surface area contributed by atoms with Crippen LogP contribution in [0, 0.1) is 5.92 Å². The first-order valence-corrected chi connectivity index (χ1v) is 10.8. The van der Waals surface area contributed by atoms with E-state index in [0.717, 1.165) is 42.6 Å². The first kappa shape index (κ1) is 25.4. The summed E-state index contributed by atoms with van der Waals surface area (Å²) >= 11 is 0. The van der Waals surface area contributed by atoms with Crippen LogP contribution in [0.2, 0.25) is 0 Å². The van der Waals surface area contributed by atoms with E-state index in [0.29, 0.717) is 32.3 Å². The number of aliphatic hydroxyl groups is 1. The topological polar surface area (TPSA) is 92.7 Å². The van der Waals surface area contributed by atoms with Crippen molar-refractivity contribution in [1.29, 1.82) is 0 Å². The lowest BCUT2D eigenvalue weighted by Gasteiger charge is -2.15. The SMILES string of the molecule is C=C(O)CCCCOc1ccc(CC)c(C(=O)CCC)c1.CC1CCC(=O)NC1=O. The molecule has 0 saturated carbocycles. The number of hydrogen-bond acceptors (Lipinski definition) is 5. The number of aliphatic hydroxyl groups excluding tert-OH is 1. The molecule has 0 aliphatic carbocycles. The largest absolute Gasteiger partial charge is 0.513 e. The number of ether oxygens (including phenoxy) is 1. The second-order valence-electron chi connectivity index (χ2n) is 7.57. The Labute approximate surface area is 179 Å².